The van der Waals surface area contributed by atoms with Crippen molar-refractivity contribution in [2.75, 3.05) is 11.5 Å². The number of anilines is 2. The smallest absolute Gasteiger partial charge is 0.196 e. The van der Waals surface area contributed by atoms with Gasteiger partial charge in [-0.2, -0.15) is 0 Å². The fourth-order valence-electron chi connectivity index (χ4n) is 1.79. The molecule has 19 heavy (non-hydrogen) atoms. The molecule has 0 aliphatic rings. The van der Waals surface area contributed by atoms with Crippen LogP contribution in [0.3, 0.4) is 0 Å². The Kier molecular flexibility index (Phi) is 3.21. The minimum atomic E-state index is -0.908. The van der Waals surface area contributed by atoms with Crippen LogP contribution < -0.4 is 11.5 Å². The fourth-order valence-corrected chi connectivity index (χ4v) is 1.79. The first-order chi connectivity index (χ1) is 8.88. The maximum absolute atomic E-state index is 13.6. The van der Waals surface area contributed by atoms with Gasteiger partial charge in [-0.3, -0.25) is 4.79 Å². The lowest BCUT2D eigenvalue weighted by Gasteiger charge is -2.07. The number of rotatable bonds is 2. The van der Waals surface area contributed by atoms with E-state index >= 15 is 0 Å². The van der Waals surface area contributed by atoms with Gasteiger partial charge in [-0.05, 0) is 36.8 Å². The minimum Gasteiger partial charge on any atom is -0.399 e. The van der Waals surface area contributed by atoms with Crippen LogP contribution in [0, 0.1) is 18.6 Å². The zero-order valence-electron chi connectivity index (χ0n) is 10.2. The predicted octanol–water partition coefficient (Wildman–Crippen LogP) is 2.67. The molecule has 0 aliphatic carbocycles. The molecule has 0 saturated carbocycles. The Labute approximate surface area is 108 Å². The van der Waals surface area contributed by atoms with Crippen LogP contribution in [0.5, 0.6) is 0 Å². The van der Waals surface area contributed by atoms with Crippen LogP contribution in [0.25, 0.3) is 0 Å². The minimum absolute atomic E-state index is 0.169. The largest absolute Gasteiger partial charge is 0.399 e. The van der Waals surface area contributed by atoms with Crippen LogP contribution in [0.1, 0.15) is 21.5 Å². The summed E-state index contributed by atoms with van der Waals surface area (Å²) >= 11 is 0. The second-order valence-electron chi connectivity index (χ2n) is 4.30. The molecule has 0 bridgehead atoms. The molecule has 0 heterocycles. The Balaban J connectivity index is 2.53. The van der Waals surface area contributed by atoms with Gasteiger partial charge < -0.3 is 11.5 Å². The van der Waals surface area contributed by atoms with E-state index in [0.717, 1.165) is 0 Å². The summed E-state index contributed by atoms with van der Waals surface area (Å²) < 4.78 is 26.8. The van der Waals surface area contributed by atoms with Crippen molar-refractivity contribution in [1.29, 1.82) is 0 Å². The predicted molar refractivity (Wildman–Crippen MR) is 69.8 cm³/mol. The van der Waals surface area contributed by atoms with Gasteiger partial charge in [-0.1, -0.05) is 0 Å². The number of carbonyl (C=O) groups excluding carboxylic acids is 1. The third-order valence-electron chi connectivity index (χ3n) is 2.73. The SMILES string of the molecule is Cc1cc(C(=O)c2cc(N)cc(N)c2)c(F)cc1F. The number of nitrogens with two attached hydrogens (primary N) is 2. The van der Waals surface area contributed by atoms with Crippen molar-refractivity contribution in [3.63, 3.8) is 0 Å². The van der Waals surface area contributed by atoms with Crippen molar-refractivity contribution < 1.29 is 13.6 Å². The van der Waals surface area contributed by atoms with Gasteiger partial charge in [0.15, 0.2) is 5.78 Å². The van der Waals surface area contributed by atoms with E-state index in [9.17, 15) is 13.6 Å². The molecule has 98 valence electrons. The molecule has 5 heteroatoms. The number of benzene rings is 2. The van der Waals surface area contributed by atoms with E-state index in [0.29, 0.717) is 17.4 Å². The average Bonchev–Trinajstić information content (AvgIpc) is 2.31. The summed E-state index contributed by atoms with van der Waals surface area (Å²) in [5.41, 5.74) is 11.9. The van der Waals surface area contributed by atoms with Crippen molar-refractivity contribution in [2.24, 2.45) is 0 Å². The summed E-state index contributed by atoms with van der Waals surface area (Å²) in [4.78, 5) is 12.2. The topological polar surface area (TPSA) is 69.1 Å². The molecule has 0 fully saturated rings. The highest BCUT2D eigenvalue weighted by molar-refractivity contribution is 6.10. The van der Waals surface area contributed by atoms with Crippen LogP contribution in [-0.2, 0) is 0 Å². The van der Waals surface area contributed by atoms with Gasteiger partial charge in [0, 0.05) is 23.0 Å². The molecule has 0 atom stereocenters. The summed E-state index contributed by atoms with van der Waals surface area (Å²) in [6.07, 6.45) is 0. The van der Waals surface area contributed by atoms with Gasteiger partial charge in [-0.15, -0.1) is 0 Å². The summed E-state index contributed by atoms with van der Waals surface area (Å²) in [5, 5.41) is 0. The van der Waals surface area contributed by atoms with Gasteiger partial charge >= 0.3 is 0 Å². The first-order valence-corrected chi connectivity index (χ1v) is 5.55. The van der Waals surface area contributed by atoms with Gasteiger partial charge in [0.1, 0.15) is 11.6 Å². The molecule has 0 saturated heterocycles. The highest BCUT2D eigenvalue weighted by Gasteiger charge is 2.17. The molecule has 2 rings (SSSR count). The first kappa shape index (κ1) is 13.0. The normalized spacial score (nSPS) is 10.5. The lowest BCUT2D eigenvalue weighted by molar-refractivity contribution is 0.103. The van der Waals surface area contributed by atoms with Crippen LogP contribution in [0.2, 0.25) is 0 Å². The van der Waals surface area contributed by atoms with E-state index in [-0.39, 0.29) is 16.7 Å². The molecule has 0 unspecified atom stereocenters. The van der Waals surface area contributed by atoms with Gasteiger partial charge in [0.2, 0.25) is 0 Å². The van der Waals surface area contributed by atoms with Gasteiger partial charge in [-0.25, -0.2) is 8.78 Å². The van der Waals surface area contributed by atoms with E-state index in [1.165, 1.54) is 31.2 Å². The molecule has 0 radical (unpaired) electrons. The van der Waals surface area contributed by atoms with Crippen LogP contribution in [0.4, 0.5) is 20.2 Å². The standard InChI is InChI=1S/C14H12F2N2O/c1-7-2-11(13(16)6-12(7)15)14(19)8-3-9(17)5-10(18)4-8/h2-6H,17-18H2,1H3. The van der Waals surface area contributed by atoms with Crippen molar-refractivity contribution in [1.82, 2.24) is 0 Å². The molecule has 0 aromatic heterocycles. The molecule has 0 aliphatic heterocycles. The number of hydrogen-bond acceptors (Lipinski definition) is 3. The van der Waals surface area contributed by atoms with Crippen molar-refractivity contribution in [2.45, 2.75) is 6.92 Å². The maximum Gasteiger partial charge on any atom is 0.196 e. The monoisotopic (exact) mass is 262 g/mol. The molecule has 4 N–H and O–H groups in total. The van der Waals surface area contributed by atoms with Crippen LogP contribution >= 0.6 is 0 Å². The van der Waals surface area contributed by atoms with Crippen molar-refractivity contribution >= 4 is 17.2 Å². The highest BCUT2D eigenvalue weighted by atomic mass is 19.1. The molecule has 2 aromatic carbocycles. The van der Waals surface area contributed by atoms with Gasteiger partial charge in [0.25, 0.3) is 0 Å². The lowest BCUT2D eigenvalue weighted by Crippen LogP contribution is -2.07. The van der Waals surface area contributed by atoms with E-state index in [1.54, 1.807) is 0 Å². The van der Waals surface area contributed by atoms with E-state index in [4.69, 9.17) is 11.5 Å². The zero-order chi connectivity index (χ0) is 14.2. The van der Waals surface area contributed by atoms with E-state index < -0.39 is 17.4 Å². The number of hydrogen-bond donors (Lipinski definition) is 2. The number of aryl methyl sites for hydroxylation is 1. The third kappa shape index (κ3) is 2.54. The zero-order valence-corrected chi connectivity index (χ0v) is 10.2. The molecule has 0 amide bonds. The summed E-state index contributed by atoms with van der Waals surface area (Å²) in [7, 11) is 0. The second-order valence-corrected chi connectivity index (χ2v) is 4.30. The van der Waals surface area contributed by atoms with E-state index in [1.807, 2.05) is 0 Å². The third-order valence-corrected chi connectivity index (χ3v) is 2.73. The summed E-state index contributed by atoms with van der Waals surface area (Å²) in [5.74, 6) is -2.19. The number of nitrogen functional groups attached to an aromatic ring is 2. The quantitative estimate of drug-likeness (QED) is 0.645. The Bertz CT molecular complexity index is 648. The molecule has 3 nitrogen and oxygen atoms in total. The first-order valence-electron chi connectivity index (χ1n) is 5.55. The highest BCUT2D eigenvalue weighted by Crippen LogP contribution is 2.21. The fraction of sp³-hybridized carbons (Fsp3) is 0.0714. The van der Waals surface area contributed by atoms with Crippen LogP contribution in [-0.4, -0.2) is 5.78 Å². The Morgan fingerprint density at radius 1 is 0.947 bits per heavy atom. The molecule has 2 aromatic rings. The Morgan fingerprint density at radius 2 is 1.53 bits per heavy atom. The maximum atomic E-state index is 13.6. The Hall–Kier alpha value is -2.43. The molecular weight excluding hydrogens is 250 g/mol. The van der Waals surface area contributed by atoms with Gasteiger partial charge in [0.05, 0.1) is 5.56 Å². The summed E-state index contributed by atoms with van der Waals surface area (Å²) in [6, 6.07) is 6.15. The average molecular weight is 262 g/mol. The Morgan fingerprint density at radius 3 is 2.11 bits per heavy atom. The number of ketones is 1. The van der Waals surface area contributed by atoms with Crippen LogP contribution in [0.15, 0.2) is 30.3 Å². The van der Waals surface area contributed by atoms with Crippen molar-refractivity contribution in [3.05, 3.63) is 58.7 Å². The van der Waals surface area contributed by atoms with E-state index in [2.05, 4.69) is 0 Å². The number of carbonyl (C=O) groups is 1. The molecular formula is C14H12F2N2O. The second kappa shape index (κ2) is 4.68. The molecule has 0 spiro atoms. The summed E-state index contributed by atoms with van der Waals surface area (Å²) in [6.45, 7) is 1.46. The van der Waals surface area contributed by atoms with Crippen molar-refractivity contribution in [3.8, 4) is 0 Å². The number of halogens is 2. The lowest BCUT2D eigenvalue weighted by atomic mass is 10.00.